The van der Waals surface area contributed by atoms with E-state index in [1.807, 2.05) is 4.90 Å². The topological polar surface area (TPSA) is 55.8 Å². The molecule has 1 aliphatic heterocycles. The Morgan fingerprint density at radius 3 is 2.26 bits per heavy atom. The van der Waals surface area contributed by atoms with E-state index in [-0.39, 0.29) is 24.0 Å². The molecule has 3 rings (SSSR count). The summed E-state index contributed by atoms with van der Waals surface area (Å²) >= 11 is 0. The second-order valence-electron chi connectivity index (χ2n) is 6.41. The van der Waals surface area contributed by atoms with E-state index in [1.54, 1.807) is 12.1 Å². The first-order valence-electron chi connectivity index (χ1n) is 8.36. The van der Waals surface area contributed by atoms with Gasteiger partial charge in [0, 0.05) is 37.9 Å². The van der Waals surface area contributed by atoms with Crippen molar-refractivity contribution in [3.05, 3.63) is 30.1 Å². The third-order valence-electron chi connectivity index (χ3n) is 4.78. The number of piperazine rings is 1. The fourth-order valence-corrected chi connectivity index (χ4v) is 3.31. The van der Waals surface area contributed by atoms with Crippen LogP contribution in [0.1, 0.15) is 25.7 Å². The van der Waals surface area contributed by atoms with Crippen LogP contribution in [0.3, 0.4) is 0 Å². The number of aliphatic hydroxyl groups excluding tert-OH is 1. The van der Waals surface area contributed by atoms with Crippen molar-refractivity contribution in [1.29, 1.82) is 0 Å². The van der Waals surface area contributed by atoms with E-state index in [1.165, 1.54) is 12.1 Å². The summed E-state index contributed by atoms with van der Waals surface area (Å²) in [6.45, 7) is 2.84. The van der Waals surface area contributed by atoms with Gasteiger partial charge < -0.3 is 20.2 Å². The van der Waals surface area contributed by atoms with E-state index in [9.17, 15) is 14.3 Å². The minimum absolute atomic E-state index is 0.00912. The van der Waals surface area contributed by atoms with Gasteiger partial charge in [0.05, 0.1) is 6.10 Å². The maximum Gasteiger partial charge on any atom is 0.317 e. The number of carbonyl (C=O) groups is 1. The maximum absolute atomic E-state index is 13.0. The maximum atomic E-state index is 13.0. The Hall–Kier alpha value is -1.82. The van der Waals surface area contributed by atoms with Crippen LogP contribution in [0, 0.1) is 5.82 Å². The fraction of sp³-hybridized carbons (Fsp3) is 0.588. The number of nitrogens with zero attached hydrogens (tertiary/aromatic N) is 2. The molecule has 6 heteroatoms. The minimum atomic E-state index is -0.232. The van der Waals surface area contributed by atoms with Gasteiger partial charge in [0.1, 0.15) is 5.82 Å². The molecule has 23 heavy (non-hydrogen) atoms. The van der Waals surface area contributed by atoms with Crippen LogP contribution in [-0.4, -0.2) is 54.4 Å². The molecule has 1 saturated carbocycles. The lowest BCUT2D eigenvalue weighted by molar-refractivity contribution is 0.115. The van der Waals surface area contributed by atoms with Gasteiger partial charge >= 0.3 is 6.03 Å². The van der Waals surface area contributed by atoms with Gasteiger partial charge in [0.15, 0.2) is 0 Å². The van der Waals surface area contributed by atoms with Crippen molar-refractivity contribution in [2.75, 3.05) is 31.1 Å². The summed E-state index contributed by atoms with van der Waals surface area (Å²) in [5.41, 5.74) is 0.993. The number of hydrogen-bond donors (Lipinski definition) is 2. The molecule has 1 aromatic rings. The third-order valence-corrected chi connectivity index (χ3v) is 4.78. The molecular formula is C17H24FN3O2. The van der Waals surface area contributed by atoms with Crippen molar-refractivity contribution in [3.8, 4) is 0 Å². The number of amides is 2. The fourth-order valence-electron chi connectivity index (χ4n) is 3.31. The van der Waals surface area contributed by atoms with Gasteiger partial charge in [-0.25, -0.2) is 9.18 Å². The summed E-state index contributed by atoms with van der Waals surface area (Å²) < 4.78 is 13.0. The standard InChI is InChI=1S/C17H24FN3O2/c18-13-1-5-15(6-2-13)20-9-11-21(12-10-20)17(23)19-14-3-7-16(22)8-4-14/h1-2,5-6,14,16,22H,3-4,7-12H2,(H,19,23). The van der Waals surface area contributed by atoms with Crippen molar-refractivity contribution in [2.45, 2.75) is 37.8 Å². The number of benzene rings is 1. The normalized spacial score (nSPS) is 25.3. The molecule has 0 atom stereocenters. The molecule has 126 valence electrons. The van der Waals surface area contributed by atoms with Crippen LogP contribution in [0.2, 0.25) is 0 Å². The summed E-state index contributed by atoms with van der Waals surface area (Å²) in [6.07, 6.45) is 3.03. The Bertz CT molecular complexity index is 521. The average molecular weight is 321 g/mol. The minimum Gasteiger partial charge on any atom is -0.393 e. The summed E-state index contributed by atoms with van der Waals surface area (Å²) in [6, 6.07) is 6.65. The van der Waals surface area contributed by atoms with Crippen LogP contribution in [-0.2, 0) is 0 Å². The molecule has 2 fully saturated rings. The highest BCUT2D eigenvalue weighted by atomic mass is 19.1. The van der Waals surface area contributed by atoms with Crippen molar-refractivity contribution in [1.82, 2.24) is 10.2 Å². The first-order chi connectivity index (χ1) is 11.1. The van der Waals surface area contributed by atoms with Crippen LogP contribution < -0.4 is 10.2 Å². The number of hydrogen-bond acceptors (Lipinski definition) is 3. The Labute approximate surface area is 136 Å². The number of anilines is 1. The zero-order valence-electron chi connectivity index (χ0n) is 13.2. The van der Waals surface area contributed by atoms with E-state index in [0.717, 1.165) is 44.5 Å². The molecule has 2 amide bonds. The monoisotopic (exact) mass is 321 g/mol. The molecule has 1 heterocycles. The van der Waals surface area contributed by atoms with Gasteiger partial charge in [-0.1, -0.05) is 0 Å². The van der Waals surface area contributed by atoms with Gasteiger partial charge in [-0.3, -0.25) is 0 Å². The molecule has 0 bridgehead atoms. The molecule has 1 saturated heterocycles. The number of aliphatic hydroxyl groups is 1. The lowest BCUT2D eigenvalue weighted by Gasteiger charge is -2.37. The van der Waals surface area contributed by atoms with Crippen molar-refractivity contribution in [2.24, 2.45) is 0 Å². The molecule has 2 N–H and O–H groups in total. The molecule has 0 radical (unpaired) electrons. The smallest absolute Gasteiger partial charge is 0.317 e. The number of urea groups is 1. The highest BCUT2D eigenvalue weighted by Crippen LogP contribution is 2.19. The van der Waals surface area contributed by atoms with Crippen LogP contribution >= 0.6 is 0 Å². The van der Waals surface area contributed by atoms with Gasteiger partial charge in [-0.05, 0) is 49.9 Å². The third kappa shape index (κ3) is 4.13. The lowest BCUT2D eigenvalue weighted by Crippen LogP contribution is -2.54. The van der Waals surface area contributed by atoms with E-state index in [0.29, 0.717) is 13.1 Å². The van der Waals surface area contributed by atoms with E-state index < -0.39 is 0 Å². The van der Waals surface area contributed by atoms with Crippen LogP contribution in [0.5, 0.6) is 0 Å². The number of carbonyl (C=O) groups excluding carboxylic acids is 1. The second-order valence-corrected chi connectivity index (χ2v) is 6.41. The molecule has 2 aliphatic rings. The molecule has 5 nitrogen and oxygen atoms in total. The number of rotatable bonds is 2. The van der Waals surface area contributed by atoms with E-state index in [4.69, 9.17) is 0 Å². The van der Waals surface area contributed by atoms with Gasteiger partial charge in [0.2, 0.25) is 0 Å². The highest BCUT2D eigenvalue weighted by molar-refractivity contribution is 5.75. The first-order valence-corrected chi connectivity index (χ1v) is 8.36. The predicted molar refractivity (Wildman–Crippen MR) is 87.0 cm³/mol. The molecular weight excluding hydrogens is 297 g/mol. The molecule has 0 unspecified atom stereocenters. The Morgan fingerprint density at radius 2 is 1.65 bits per heavy atom. The van der Waals surface area contributed by atoms with Gasteiger partial charge in [-0.15, -0.1) is 0 Å². The van der Waals surface area contributed by atoms with Gasteiger partial charge in [-0.2, -0.15) is 0 Å². The Kier molecular flexibility index (Phi) is 5.00. The molecule has 1 aliphatic carbocycles. The summed E-state index contributed by atoms with van der Waals surface area (Å²) in [5, 5.41) is 12.6. The van der Waals surface area contributed by atoms with Crippen molar-refractivity contribution in [3.63, 3.8) is 0 Å². The zero-order valence-corrected chi connectivity index (χ0v) is 13.2. The summed E-state index contributed by atoms with van der Waals surface area (Å²) in [4.78, 5) is 16.3. The Balaban J connectivity index is 1.46. The molecule has 0 spiro atoms. The van der Waals surface area contributed by atoms with Crippen molar-refractivity contribution < 1.29 is 14.3 Å². The zero-order chi connectivity index (χ0) is 16.2. The van der Waals surface area contributed by atoms with Gasteiger partial charge in [0.25, 0.3) is 0 Å². The van der Waals surface area contributed by atoms with Crippen molar-refractivity contribution >= 4 is 11.7 Å². The second kappa shape index (κ2) is 7.17. The quantitative estimate of drug-likeness (QED) is 0.875. The number of nitrogens with one attached hydrogen (secondary N) is 1. The van der Waals surface area contributed by atoms with Crippen LogP contribution in [0.25, 0.3) is 0 Å². The van der Waals surface area contributed by atoms with Crippen LogP contribution in [0.15, 0.2) is 24.3 Å². The first kappa shape index (κ1) is 16.1. The largest absolute Gasteiger partial charge is 0.393 e. The number of halogens is 1. The molecule has 0 aromatic heterocycles. The summed E-state index contributed by atoms with van der Waals surface area (Å²) in [7, 11) is 0. The van der Waals surface area contributed by atoms with Crippen LogP contribution in [0.4, 0.5) is 14.9 Å². The Morgan fingerprint density at radius 1 is 1.04 bits per heavy atom. The summed E-state index contributed by atoms with van der Waals surface area (Å²) in [5.74, 6) is -0.232. The lowest BCUT2D eigenvalue weighted by atomic mass is 9.93. The average Bonchev–Trinajstić information content (AvgIpc) is 2.58. The van der Waals surface area contributed by atoms with E-state index >= 15 is 0 Å². The molecule has 1 aromatic carbocycles. The highest BCUT2D eigenvalue weighted by Gasteiger charge is 2.25. The van der Waals surface area contributed by atoms with E-state index in [2.05, 4.69) is 10.2 Å². The SMILES string of the molecule is O=C(NC1CCC(O)CC1)N1CCN(c2ccc(F)cc2)CC1. The predicted octanol–water partition coefficient (Wildman–Crippen LogP) is 1.96.